The fourth-order valence-electron chi connectivity index (χ4n) is 2.36. The molecule has 100 valence electrons. The van der Waals surface area contributed by atoms with E-state index in [2.05, 4.69) is 10.6 Å². The lowest BCUT2D eigenvalue weighted by molar-refractivity contribution is 0.836. The zero-order valence-electron chi connectivity index (χ0n) is 10.7. The Bertz CT molecular complexity index is 775. The number of aromatic nitrogens is 1. The molecule has 0 amide bonds. The van der Waals surface area contributed by atoms with Gasteiger partial charge in [0.05, 0.1) is 0 Å². The van der Waals surface area contributed by atoms with Crippen molar-refractivity contribution in [3.63, 3.8) is 0 Å². The predicted octanol–water partition coefficient (Wildman–Crippen LogP) is 3.98. The van der Waals surface area contributed by atoms with E-state index in [1.807, 2.05) is 48.7 Å². The van der Waals surface area contributed by atoms with Gasteiger partial charge in [-0.3, -0.25) is 0 Å². The molecule has 1 aromatic heterocycles. The Morgan fingerprint density at radius 2 is 1.80 bits per heavy atom. The van der Waals surface area contributed by atoms with Gasteiger partial charge in [-0.05, 0) is 23.8 Å². The summed E-state index contributed by atoms with van der Waals surface area (Å²) in [6.07, 6.45) is 2.02. The number of nitrogens with two attached hydrogens (primary N) is 1. The van der Waals surface area contributed by atoms with Crippen molar-refractivity contribution in [2.75, 3.05) is 0 Å². The van der Waals surface area contributed by atoms with E-state index in [0.717, 1.165) is 28.0 Å². The molecule has 0 atom stereocenters. The van der Waals surface area contributed by atoms with E-state index in [0.29, 0.717) is 4.99 Å². The molecule has 0 radical (unpaired) electrons. The number of hydrogen-bond acceptors (Lipinski definition) is 1. The van der Waals surface area contributed by atoms with E-state index in [1.54, 1.807) is 0 Å². The van der Waals surface area contributed by atoms with Gasteiger partial charge in [0.1, 0.15) is 4.99 Å². The van der Waals surface area contributed by atoms with Crippen molar-refractivity contribution < 1.29 is 0 Å². The number of halogens is 1. The van der Waals surface area contributed by atoms with Gasteiger partial charge < -0.3 is 10.3 Å². The lowest BCUT2D eigenvalue weighted by Gasteiger charge is -2.05. The van der Waals surface area contributed by atoms with Crippen molar-refractivity contribution >= 4 is 39.7 Å². The fraction of sp³-hybridized carbons (Fsp3) is 0.0625. The number of rotatable bonds is 3. The van der Waals surface area contributed by atoms with E-state index >= 15 is 0 Å². The summed E-state index contributed by atoms with van der Waals surface area (Å²) in [5.41, 5.74) is 9.04. The van der Waals surface area contributed by atoms with Crippen molar-refractivity contribution in [3.05, 3.63) is 70.9 Å². The van der Waals surface area contributed by atoms with Crippen molar-refractivity contribution in [1.82, 2.24) is 4.57 Å². The molecule has 0 unspecified atom stereocenters. The quantitative estimate of drug-likeness (QED) is 0.742. The number of thiocarbonyl (C=S) groups is 1. The molecule has 2 nitrogen and oxygen atoms in total. The largest absolute Gasteiger partial charge is 0.389 e. The Labute approximate surface area is 127 Å². The van der Waals surface area contributed by atoms with Gasteiger partial charge in [0.2, 0.25) is 0 Å². The van der Waals surface area contributed by atoms with Crippen LogP contribution < -0.4 is 5.73 Å². The van der Waals surface area contributed by atoms with E-state index in [-0.39, 0.29) is 0 Å². The van der Waals surface area contributed by atoms with Crippen LogP contribution >= 0.6 is 23.8 Å². The Morgan fingerprint density at radius 1 is 1.10 bits per heavy atom. The molecule has 4 heteroatoms. The first-order valence-electron chi connectivity index (χ1n) is 6.27. The summed E-state index contributed by atoms with van der Waals surface area (Å²) in [7, 11) is 0. The maximum Gasteiger partial charge on any atom is 0.106 e. The Morgan fingerprint density at radius 3 is 2.50 bits per heavy atom. The minimum atomic E-state index is 0.427. The molecule has 20 heavy (non-hydrogen) atoms. The molecule has 0 saturated heterocycles. The maximum absolute atomic E-state index is 5.91. The summed E-state index contributed by atoms with van der Waals surface area (Å²) in [5.74, 6) is 0. The number of para-hydroxylation sites is 1. The first-order chi connectivity index (χ1) is 9.65. The first kappa shape index (κ1) is 13.2. The highest BCUT2D eigenvalue weighted by Gasteiger charge is 2.10. The van der Waals surface area contributed by atoms with Crippen LogP contribution in [-0.4, -0.2) is 9.56 Å². The molecule has 0 bridgehead atoms. The van der Waals surface area contributed by atoms with Crippen LogP contribution in [0.15, 0.2) is 54.7 Å². The fourth-order valence-corrected chi connectivity index (χ4v) is 2.65. The SMILES string of the molecule is NC(=S)c1cn(Cc2ccc(Cl)cc2)c2ccccc12. The molecule has 0 saturated carbocycles. The Balaban J connectivity index is 2.07. The summed E-state index contributed by atoms with van der Waals surface area (Å²) in [4.78, 5) is 0.427. The molecule has 0 aliphatic carbocycles. The molecule has 0 fully saturated rings. The molecule has 0 aliphatic heterocycles. The van der Waals surface area contributed by atoms with Crippen LogP contribution in [0.5, 0.6) is 0 Å². The second kappa shape index (κ2) is 5.27. The molecular weight excluding hydrogens is 288 g/mol. The molecule has 3 rings (SSSR count). The summed E-state index contributed by atoms with van der Waals surface area (Å²) in [6.45, 7) is 0.764. The molecule has 1 heterocycles. The Hall–Kier alpha value is -1.84. The van der Waals surface area contributed by atoms with Gasteiger partial charge in [0, 0.05) is 34.2 Å². The molecule has 2 aromatic carbocycles. The van der Waals surface area contributed by atoms with Gasteiger partial charge in [0.25, 0.3) is 0 Å². The lowest BCUT2D eigenvalue weighted by atomic mass is 10.2. The topological polar surface area (TPSA) is 30.9 Å². The first-order valence-corrected chi connectivity index (χ1v) is 7.06. The summed E-state index contributed by atoms with van der Waals surface area (Å²) in [6, 6.07) is 16.0. The number of fused-ring (bicyclic) bond motifs is 1. The zero-order chi connectivity index (χ0) is 14.1. The van der Waals surface area contributed by atoms with Gasteiger partial charge >= 0.3 is 0 Å². The van der Waals surface area contributed by atoms with Crippen LogP contribution in [-0.2, 0) is 6.54 Å². The summed E-state index contributed by atoms with van der Waals surface area (Å²) >= 11 is 11.0. The van der Waals surface area contributed by atoms with Gasteiger partial charge in [0.15, 0.2) is 0 Å². The summed E-state index contributed by atoms with van der Waals surface area (Å²) in [5, 5.41) is 1.84. The standard InChI is InChI=1S/C16H13ClN2S/c17-12-7-5-11(6-8-12)9-19-10-14(16(18)20)13-3-1-2-4-15(13)19/h1-8,10H,9H2,(H2,18,20). The average Bonchev–Trinajstić information content (AvgIpc) is 2.81. The number of hydrogen-bond donors (Lipinski definition) is 1. The smallest absolute Gasteiger partial charge is 0.106 e. The Kier molecular flexibility index (Phi) is 3.47. The minimum Gasteiger partial charge on any atom is -0.389 e. The zero-order valence-corrected chi connectivity index (χ0v) is 12.3. The molecule has 3 aromatic rings. The molecule has 0 spiro atoms. The van der Waals surface area contributed by atoms with Gasteiger partial charge in [-0.2, -0.15) is 0 Å². The van der Waals surface area contributed by atoms with Crippen LogP contribution in [0.25, 0.3) is 10.9 Å². The van der Waals surface area contributed by atoms with Crippen LogP contribution in [0, 0.1) is 0 Å². The van der Waals surface area contributed by atoms with Crippen LogP contribution in [0.4, 0.5) is 0 Å². The third-order valence-corrected chi connectivity index (χ3v) is 3.79. The highest BCUT2D eigenvalue weighted by atomic mass is 35.5. The third-order valence-electron chi connectivity index (χ3n) is 3.32. The van der Waals surface area contributed by atoms with Crippen LogP contribution in [0.2, 0.25) is 5.02 Å². The normalized spacial score (nSPS) is 10.8. The van der Waals surface area contributed by atoms with Crippen molar-refractivity contribution in [2.45, 2.75) is 6.54 Å². The van der Waals surface area contributed by atoms with E-state index in [9.17, 15) is 0 Å². The van der Waals surface area contributed by atoms with Crippen molar-refractivity contribution in [1.29, 1.82) is 0 Å². The van der Waals surface area contributed by atoms with E-state index in [4.69, 9.17) is 29.6 Å². The number of benzene rings is 2. The van der Waals surface area contributed by atoms with Crippen molar-refractivity contribution in [3.8, 4) is 0 Å². The van der Waals surface area contributed by atoms with Gasteiger partial charge in [-0.25, -0.2) is 0 Å². The van der Waals surface area contributed by atoms with Crippen LogP contribution in [0.3, 0.4) is 0 Å². The maximum atomic E-state index is 5.91. The highest BCUT2D eigenvalue weighted by Crippen LogP contribution is 2.22. The molecule has 2 N–H and O–H groups in total. The van der Waals surface area contributed by atoms with Crippen LogP contribution in [0.1, 0.15) is 11.1 Å². The lowest BCUT2D eigenvalue weighted by Crippen LogP contribution is -2.08. The van der Waals surface area contributed by atoms with Gasteiger partial charge in [-0.15, -0.1) is 0 Å². The second-order valence-corrected chi connectivity index (χ2v) is 5.55. The monoisotopic (exact) mass is 300 g/mol. The average molecular weight is 301 g/mol. The van der Waals surface area contributed by atoms with Crippen molar-refractivity contribution in [2.24, 2.45) is 5.73 Å². The van der Waals surface area contributed by atoms with Gasteiger partial charge in [-0.1, -0.05) is 54.2 Å². The summed E-state index contributed by atoms with van der Waals surface area (Å²) < 4.78 is 2.16. The molecule has 0 aliphatic rings. The third kappa shape index (κ3) is 2.42. The highest BCUT2D eigenvalue weighted by molar-refractivity contribution is 7.80. The number of nitrogens with zero attached hydrogens (tertiary/aromatic N) is 1. The second-order valence-electron chi connectivity index (χ2n) is 4.68. The minimum absolute atomic E-state index is 0.427. The predicted molar refractivity (Wildman–Crippen MR) is 88.4 cm³/mol. The molecular formula is C16H13ClN2S. The van der Waals surface area contributed by atoms with E-state index in [1.165, 1.54) is 5.56 Å². The van der Waals surface area contributed by atoms with E-state index < -0.39 is 0 Å².